The molecule has 0 atom stereocenters. The molecule has 0 saturated heterocycles. The first-order chi connectivity index (χ1) is 14.7. The molecule has 9 heteroatoms. The van der Waals surface area contributed by atoms with Crippen LogP contribution in [0.1, 0.15) is 21.5 Å². The summed E-state index contributed by atoms with van der Waals surface area (Å²) in [6.45, 7) is 3.62. The molecule has 2 aromatic carbocycles. The summed E-state index contributed by atoms with van der Waals surface area (Å²) in [6.07, 6.45) is 2.68. The molecule has 0 aliphatic carbocycles. The summed E-state index contributed by atoms with van der Waals surface area (Å²) in [5.41, 5.74) is 2.34. The molecule has 1 heterocycles. The number of sulfonamides is 1. The van der Waals surface area contributed by atoms with Gasteiger partial charge >= 0.3 is 0 Å². The number of carbonyl (C=O) groups excluding carboxylic acids is 1. The number of nitrogens with one attached hydrogen (secondary N) is 2. The highest BCUT2D eigenvalue weighted by Crippen LogP contribution is 2.29. The zero-order chi connectivity index (χ0) is 22.6. The average Bonchev–Trinajstić information content (AvgIpc) is 2.73. The zero-order valence-corrected chi connectivity index (χ0v) is 18.4. The van der Waals surface area contributed by atoms with Gasteiger partial charge in [0.25, 0.3) is 15.9 Å². The van der Waals surface area contributed by atoms with Gasteiger partial charge in [-0.25, -0.2) is 8.42 Å². The van der Waals surface area contributed by atoms with Crippen molar-refractivity contribution in [2.75, 3.05) is 24.3 Å². The van der Waals surface area contributed by atoms with E-state index in [2.05, 4.69) is 15.0 Å². The molecule has 162 valence electrons. The number of anilines is 2. The van der Waals surface area contributed by atoms with Crippen molar-refractivity contribution in [3.8, 4) is 11.5 Å². The Hall–Kier alpha value is -3.59. The van der Waals surface area contributed by atoms with Crippen LogP contribution in [0.25, 0.3) is 0 Å². The van der Waals surface area contributed by atoms with Crippen LogP contribution in [0.2, 0.25) is 0 Å². The lowest BCUT2D eigenvalue weighted by Gasteiger charge is -2.13. The van der Waals surface area contributed by atoms with Gasteiger partial charge in [-0.05, 0) is 43.7 Å². The molecular weight excluding hydrogens is 418 g/mol. The summed E-state index contributed by atoms with van der Waals surface area (Å²) < 4.78 is 38.5. The summed E-state index contributed by atoms with van der Waals surface area (Å²) in [5, 5.41) is 2.73. The van der Waals surface area contributed by atoms with E-state index in [0.717, 1.165) is 5.56 Å². The molecule has 2 N–H and O–H groups in total. The molecule has 8 nitrogen and oxygen atoms in total. The Balaban J connectivity index is 1.84. The molecule has 3 aromatic rings. The summed E-state index contributed by atoms with van der Waals surface area (Å²) in [5.74, 6) is 0.518. The third kappa shape index (κ3) is 5.13. The third-order valence-electron chi connectivity index (χ3n) is 4.53. The first kappa shape index (κ1) is 22.1. The number of rotatable bonds is 7. The molecule has 0 fully saturated rings. The van der Waals surface area contributed by atoms with Crippen LogP contribution in [0.15, 0.2) is 59.8 Å². The Morgan fingerprint density at radius 3 is 2.42 bits per heavy atom. The first-order valence-corrected chi connectivity index (χ1v) is 10.8. The number of amides is 1. The maximum Gasteiger partial charge on any atom is 0.262 e. The Bertz CT molecular complexity index is 1230. The Kier molecular flexibility index (Phi) is 6.45. The van der Waals surface area contributed by atoms with E-state index in [9.17, 15) is 13.2 Å². The van der Waals surface area contributed by atoms with Crippen LogP contribution in [0.4, 0.5) is 11.4 Å². The lowest BCUT2D eigenvalue weighted by atomic mass is 10.2. The quantitative estimate of drug-likeness (QED) is 0.578. The number of aryl methyl sites for hydroxylation is 2. The largest absolute Gasteiger partial charge is 0.497 e. The minimum absolute atomic E-state index is 0.161. The van der Waals surface area contributed by atoms with Crippen molar-refractivity contribution >= 4 is 27.3 Å². The zero-order valence-electron chi connectivity index (χ0n) is 17.6. The number of hydrogen-bond acceptors (Lipinski definition) is 6. The summed E-state index contributed by atoms with van der Waals surface area (Å²) >= 11 is 0. The molecule has 1 aromatic heterocycles. The van der Waals surface area contributed by atoms with Crippen molar-refractivity contribution in [3.63, 3.8) is 0 Å². The van der Waals surface area contributed by atoms with E-state index < -0.39 is 15.9 Å². The molecule has 0 saturated carbocycles. The topological polar surface area (TPSA) is 107 Å². The van der Waals surface area contributed by atoms with Gasteiger partial charge in [-0.3, -0.25) is 14.5 Å². The van der Waals surface area contributed by atoms with Crippen molar-refractivity contribution in [3.05, 3.63) is 71.5 Å². The van der Waals surface area contributed by atoms with Gasteiger partial charge in [0.1, 0.15) is 11.5 Å². The highest BCUT2D eigenvalue weighted by molar-refractivity contribution is 7.92. The highest BCUT2D eigenvalue weighted by atomic mass is 32.2. The second-order valence-corrected chi connectivity index (χ2v) is 8.51. The smallest absolute Gasteiger partial charge is 0.262 e. The number of benzene rings is 2. The fourth-order valence-corrected chi connectivity index (χ4v) is 4.30. The van der Waals surface area contributed by atoms with E-state index in [1.807, 2.05) is 6.92 Å². The van der Waals surface area contributed by atoms with Crippen LogP contribution in [0.3, 0.4) is 0 Å². The summed E-state index contributed by atoms with van der Waals surface area (Å²) in [4.78, 5) is 16.9. The van der Waals surface area contributed by atoms with E-state index in [-0.39, 0.29) is 16.1 Å². The standard InChI is InChI=1S/C22H23N3O5S/c1-14-5-8-21(15(2)9-14)31(27,28)25-17-10-16(12-23-13-17)22(26)24-19-11-18(29-3)6-7-20(19)30-4/h5-13,25H,1-4H3,(H,24,26). The Morgan fingerprint density at radius 2 is 1.74 bits per heavy atom. The van der Waals surface area contributed by atoms with Gasteiger partial charge in [0.15, 0.2) is 0 Å². The second kappa shape index (κ2) is 9.05. The molecule has 3 rings (SSSR count). The minimum Gasteiger partial charge on any atom is -0.497 e. The molecule has 1 amide bonds. The Labute approximate surface area is 181 Å². The molecule has 31 heavy (non-hydrogen) atoms. The summed E-state index contributed by atoms with van der Waals surface area (Å²) in [7, 11) is -0.836. The number of methoxy groups -OCH3 is 2. The number of nitrogens with zero attached hydrogens (tertiary/aromatic N) is 1. The molecule has 0 unspecified atom stereocenters. The lowest BCUT2D eigenvalue weighted by Crippen LogP contribution is -2.16. The predicted molar refractivity (Wildman–Crippen MR) is 118 cm³/mol. The van der Waals surface area contributed by atoms with E-state index in [1.54, 1.807) is 43.3 Å². The van der Waals surface area contributed by atoms with E-state index in [0.29, 0.717) is 22.7 Å². The summed E-state index contributed by atoms with van der Waals surface area (Å²) in [6, 6.07) is 11.5. The van der Waals surface area contributed by atoms with Crippen molar-refractivity contribution in [1.82, 2.24) is 4.98 Å². The lowest BCUT2D eigenvalue weighted by molar-refractivity contribution is 0.102. The highest BCUT2D eigenvalue weighted by Gasteiger charge is 2.18. The molecule has 0 spiro atoms. The van der Waals surface area contributed by atoms with E-state index in [4.69, 9.17) is 9.47 Å². The van der Waals surface area contributed by atoms with Crippen LogP contribution in [0.5, 0.6) is 11.5 Å². The number of carbonyl (C=O) groups is 1. The number of aromatic nitrogens is 1. The van der Waals surface area contributed by atoms with E-state index in [1.165, 1.54) is 32.7 Å². The Morgan fingerprint density at radius 1 is 0.968 bits per heavy atom. The third-order valence-corrected chi connectivity index (χ3v) is 6.07. The SMILES string of the molecule is COc1ccc(OC)c(NC(=O)c2cncc(NS(=O)(=O)c3ccc(C)cc3C)c2)c1. The van der Waals surface area contributed by atoms with Crippen molar-refractivity contribution < 1.29 is 22.7 Å². The fraction of sp³-hybridized carbons (Fsp3) is 0.182. The van der Waals surface area contributed by atoms with Gasteiger partial charge in [-0.2, -0.15) is 0 Å². The minimum atomic E-state index is -3.84. The van der Waals surface area contributed by atoms with Gasteiger partial charge in [-0.15, -0.1) is 0 Å². The van der Waals surface area contributed by atoms with Crippen molar-refractivity contribution in [2.24, 2.45) is 0 Å². The van der Waals surface area contributed by atoms with Gasteiger partial charge in [0, 0.05) is 12.3 Å². The van der Waals surface area contributed by atoms with Crippen molar-refractivity contribution in [1.29, 1.82) is 0 Å². The van der Waals surface area contributed by atoms with Gasteiger partial charge < -0.3 is 14.8 Å². The van der Waals surface area contributed by atoms with Crippen molar-refractivity contribution in [2.45, 2.75) is 18.7 Å². The number of hydrogen-bond donors (Lipinski definition) is 2. The fourth-order valence-electron chi connectivity index (χ4n) is 3.04. The number of ether oxygens (including phenoxy) is 2. The molecule has 0 aliphatic rings. The van der Waals surface area contributed by atoms with E-state index >= 15 is 0 Å². The molecule has 0 bridgehead atoms. The van der Waals surface area contributed by atoms with Crippen LogP contribution in [-0.4, -0.2) is 33.5 Å². The van der Waals surface area contributed by atoms with Crippen LogP contribution in [0, 0.1) is 13.8 Å². The van der Waals surface area contributed by atoms with Crippen LogP contribution >= 0.6 is 0 Å². The second-order valence-electron chi connectivity index (χ2n) is 6.86. The monoisotopic (exact) mass is 441 g/mol. The predicted octanol–water partition coefficient (Wildman–Crippen LogP) is 3.77. The molecule has 0 radical (unpaired) electrons. The molecule has 0 aliphatic heterocycles. The number of pyridine rings is 1. The van der Waals surface area contributed by atoms with Gasteiger partial charge in [0.2, 0.25) is 0 Å². The van der Waals surface area contributed by atoms with Crippen LogP contribution in [-0.2, 0) is 10.0 Å². The average molecular weight is 442 g/mol. The molecular formula is C22H23N3O5S. The maximum atomic E-state index is 12.8. The van der Waals surface area contributed by atoms with Crippen LogP contribution < -0.4 is 19.5 Å². The normalized spacial score (nSPS) is 11.0. The first-order valence-electron chi connectivity index (χ1n) is 9.32. The maximum absolute atomic E-state index is 12.8. The van der Waals surface area contributed by atoms with Gasteiger partial charge in [-0.1, -0.05) is 17.7 Å². The van der Waals surface area contributed by atoms with Gasteiger partial charge in [0.05, 0.1) is 42.3 Å².